The number of esters is 1. The summed E-state index contributed by atoms with van der Waals surface area (Å²) in [6.07, 6.45) is 2.91. The Balaban J connectivity index is 3.70. The largest absolute Gasteiger partial charge is 0.466 e. The molecule has 0 aliphatic heterocycles. The van der Waals surface area contributed by atoms with Crippen molar-refractivity contribution in [1.29, 1.82) is 0 Å². The number of methoxy groups -OCH3 is 1. The number of ether oxygens (including phenoxy) is 1. The van der Waals surface area contributed by atoms with Crippen LogP contribution < -0.4 is 0 Å². The maximum absolute atomic E-state index is 12.7. The van der Waals surface area contributed by atoms with Crippen LogP contribution in [0.1, 0.15) is 20.3 Å². The maximum Gasteiger partial charge on any atom is 0.330 e. The lowest BCUT2D eigenvalue weighted by Gasteiger charge is -2.08. The SMILES string of the molecule is COC(=O)C=CCC(C)(C)F. The third-order valence-corrected chi connectivity index (χ3v) is 1.06. The highest BCUT2D eigenvalue weighted by atomic mass is 19.1. The van der Waals surface area contributed by atoms with Gasteiger partial charge in [-0.3, -0.25) is 0 Å². The standard InChI is InChI=1S/C8H13FO2/c1-8(2,9)6-4-5-7(10)11-3/h4-5H,6H2,1-3H3. The second kappa shape index (κ2) is 4.11. The summed E-state index contributed by atoms with van der Waals surface area (Å²) in [4.78, 5) is 10.5. The van der Waals surface area contributed by atoms with E-state index in [-0.39, 0.29) is 6.42 Å². The number of alkyl halides is 1. The molecule has 0 saturated heterocycles. The number of allylic oxidation sites excluding steroid dienone is 1. The molecule has 0 rings (SSSR count). The highest BCUT2D eigenvalue weighted by Crippen LogP contribution is 2.13. The fourth-order valence-corrected chi connectivity index (χ4v) is 0.503. The molecule has 0 aliphatic carbocycles. The molecule has 0 spiro atoms. The van der Waals surface area contributed by atoms with Gasteiger partial charge in [-0.2, -0.15) is 0 Å². The number of hydrogen-bond acceptors (Lipinski definition) is 2. The predicted molar refractivity (Wildman–Crippen MR) is 41.0 cm³/mol. The molecule has 0 amide bonds. The quantitative estimate of drug-likeness (QED) is 0.465. The first-order valence-corrected chi connectivity index (χ1v) is 3.39. The smallest absolute Gasteiger partial charge is 0.330 e. The van der Waals surface area contributed by atoms with E-state index in [9.17, 15) is 9.18 Å². The van der Waals surface area contributed by atoms with Crippen LogP contribution in [-0.2, 0) is 9.53 Å². The van der Waals surface area contributed by atoms with E-state index in [0.717, 1.165) is 0 Å². The number of hydrogen-bond donors (Lipinski definition) is 0. The van der Waals surface area contributed by atoms with Crippen molar-refractivity contribution in [3.63, 3.8) is 0 Å². The monoisotopic (exact) mass is 160 g/mol. The fraction of sp³-hybridized carbons (Fsp3) is 0.625. The lowest BCUT2D eigenvalue weighted by Crippen LogP contribution is -2.09. The van der Waals surface area contributed by atoms with E-state index in [1.165, 1.54) is 33.1 Å². The van der Waals surface area contributed by atoms with Gasteiger partial charge in [0.05, 0.1) is 7.11 Å². The molecule has 11 heavy (non-hydrogen) atoms. The van der Waals surface area contributed by atoms with E-state index in [0.29, 0.717) is 0 Å². The van der Waals surface area contributed by atoms with Gasteiger partial charge >= 0.3 is 5.97 Å². The number of rotatable bonds is 3. The highest BCUT2D eigenvalue weighted by molar-refractivity contribution is 5.81. The number of carbonyl (C=O) groups excluding carboxylic acids is 1. The van der Waals surface area contributed by atoms with Gasteiger partial charge in [-0.25, -0.2) is 9.18 Å². The minimum atomic E-state index is -1.26. The molecule has 0 atom stereocenters. The molecule has 3 heteroatoms. The topological polar surface area (TPSA) is 26.3 Å². The van der Waals surface area contributed by atoms with Crippen LogP contribution in [0.3, 0.4) is 0 Å². The van der Waals surface area contributed by atoms with Gasteiger partial charge < -0.3 is 4.74 Å². The third-order valence-electron chi connectivity index (χ3n) is 1.06. The summed E-state index contributed by atoms with van der Waals surface area (Å²) in [6, 6.07) is 0. The van der Waals surface area contributed by atoms with Gasteiger partial charge in [0, 0.05) is 6.08 Å². The first-order valence-electron chi connectivity index (χ1n) is 3.39. The van der Waals surface area contributed by atoms with Crippen LogP contribution in [0.5, 0.6) is 0 Å². The summed E-state index contributed by atoms with van der Waals surface area (Å²) in [6.45, 7) is 2.91. The lowest BCUT2D eigenvalue weighted by atomic mass is 10.1. The molecule has 0 radical (unpaired) electrons. The van der Waals surface area contributed by atoms with Crippen LogP contribution in [0.25, 0.3) is 0 Å². The van der Waals surface area contributed by atoms with Crippen LogP contribution in [0.4, 0.5) is 4.39 Å². The van der Waals surface area contributed by atoms with Crippen molar-refractivity contribution in [3.8, 4) is 0 Å². The summed E-state index contributed by atoms with van der Waals surface area (Å²) in [5.41, 5.74) is -1.26. The molecule has 0 unspecified atom stereocenters. The normalized spacial score (nSPS) is 12.0. The predicted octanol–water partition coefficient (Wildman–Crippen LogP) is 1.85. The Bertz CT molecular complexity index is 156. The van der Waals surface area contributed by atoms with Gasteiger partial charge in [-0.05, 0) is 20.3 Å². The lowest BCUT2D eigenvalue weighted by molar-refractivity contribution is -0.134. The second-order valence-corrected chi connectivity index (χ2v) is 2.85. The van der Waals surface area contributed by atoms with Crippen LogP contribution in [0.15, 0.2) is 12.2 Å². The van der Waals surface area contributed by atoms with Crippen LogP contribution >= 0.6 is 0 Å². The van der Waals surface area contributed by atoms with Crippen molar-refractivity contribution in [2.24, 2.45) is 0 Å². The van der Waals surface area contributed by atoms with Gasteiger partial charge in [0.1, 0.15) is 5.67 Å². The summed E-state index contributed by atoms with van der Waals surface area (Å²) < 4.78 is 17.1. The molecule has 0 saturated carbocycles. The second-order valence-electron chi connectivity index (χ2n) is 2.85. The van der Waals surface area contributed by atoms with E-state index < -0.39 is 11.6 Å². The summed E-state index contributed by atoms with van der Waals surface area (Å²) in [5, 5.41) is 0. The molecule has 0 aliphatic rings. The van der Waals surface area contributed by atoms with E-state index >= 15 is 0 Å². The molecule has 0 bridgehead atoms. The molecule has 0 fully saturated rings. The van der Waals surface area contributed by atoms with Crippen molar-refractivity contribution >= 4 is 5.97 Å². The molecule has 64 valence electrons. The summed E-state index contributed by atoms with van der Waals surface area (Å²) >= 11 is 0. The number of carbonyl (C=O) groups is 1. The molecule has 0 aromatic rings. The van der Waals surface area contributed by atoms with Gasteiger partial charge in [0.25, 0.3) is 0 Å². The summed E-state index contributed by atoms with van der Waals surface area (Å²) in [7, 11) is 1.28. The third kappa shape index (κ3) is 7.03. The average molecular weight is 160 g/mol. The van der Waals surface area contributed by atoms with Gasteiger partial charge in [0.2, 0.25) is 0 Å². The highest BCUT2D eigenvalue weighted by Gasteiger charge is 2.12. The van der Waals surface area contributed by atoms with Gasteiger partial charge in [-0.1, -0.05) is 6.08 Å². The van der Waals surface area contributed by atoms with E-state index in [2.05, 4.69) is 4.74 Å². The van der Waals surface area contributed by atoms with E-state index in [1.807, 2.05) is 0 Å². The van der Waals surface area contributed by atoms with Gasteiger partial charge in [-0.15, -0.1) is 0 Å². The number of halogens is 1. The Labute approximate surface area is 66.0 Å². The Hall–Kier alpha value is -0.860. The van der Waals surface area contributed by atoms with Crippen molar-refractivity contribution < 1.29 is 13.9 Å². The summed E-state index contributed by atoms with van der Waals surface area (Å²) in [5.74, 6) is -0.450. The Kier molecular flexibility index (Phi) is 3.79. The average Bonchev–Trinajstić information content (AvgIpc) is 1.85. The van der Waals surface area contributed by atoms with Crippen molar-refractivity contribution in [3.05, 3.63) is 12.2 Å². The zero-order chi connectivity index (χ0) is 8.91. The molecule has 0 aromatic heterocycles. The zero-order valence-corrected chi connectivity index (χ0v) is 7.06. The molecular formula is C8H13FO2. The zero-order valence-electron chi connectivity index (χ0n) is 7.06. The first-order chi connectivity index (χ1) is 4.95. The Morgan fingerprint density at radius 2 is 2.18 bits per heavy atom. The maximum atomic E-state index is 12.7. The molecule has 2 nitrogen and oxygen atoms in total. The molecule has 0 heterocycles. The minimum absolute atomic E-state index is 0.224. The van der Waals surface area contributed by atoms with Crippen molar-refractivity contribution in [2.45, 2.75) is 25.9 Å². The first kappa shape index (κ1) is 10.1. The Morgan fingerprint density at radius 3 is 2.55 bits per heavy atom. The molecule has 0 N–H and O–H groups in total. The van der Waals surface area contributed by atoms with Crippen molar-refractivity contribution in [2.75, 3.05) is 7.11 Å². The minimum Gasteiger partial charge on any atom is -0.466 e. The van der Waals surface area contributed by atoms with Crippen LogP contribution in [0.2, 0.25) is 0 Å². The van der Waals surface area contributed by atoms with Crippen LogP contribution in [0, 0.1) is 0 Å². The Morgan fingerprint density at radius 1 is 1.64 bits per heavy atom. The van der Waals surface area contributed by atoms with Crippen molar-refractivity contribution in [1.82, 2.24) is 0 Å². The fourth-order valence-electron chi connectivity index (χ4n) is 0.503. The van der Waals surface area contributed by atoms with Crippen LogP contribution in [-0.4, -0.2) is 18.7 Å². The van der Waals surface area contributed by atoms with Gasteiger partial charge in [0.15, 0.2) is 0 Å². The van der Waals surface area contributed by atoms with E-state index in [4.69, 9.17) is 0 Å². The molecule has 0 aromatic carbocycles. The van der Waals surface area contributed by atoms with E-state index in [1.54, 1.807) is 0 Å². The molecular weight excluding hydrogens is 147 g/mol.